The van der Waals surface area contributed by atoms with E-state index in [2.05, 4.69) is 36.1 Å². The normalized spacial score (nSPS) is 11.6. The fourth-order valence-electron chi connectivity index (χ4n) is 1.39. The Labute approximate surface area is 104 Å². The van der Waals surface area contributed by atoms with Gasteiger partial charge in [-0.3, -0.25) is 0 Å². The number of aryl methyl sites for hydroxylation is 1. The van der Waals surface area contributed by atoms with Gasteiger partial charge in [-0.2, -0.15) is 4.98 Å². The predicted molar refractivity (Wildman–Crippen MR) is 69.1 cm³/mol. The molecule has 0 aromatic carbocycles. The SMILES string of the molecule is CNCc1cc(C)nc(OCCC(C)(C)C)n1. The Morgan fingerprint density at radius 2 is 2.00 bits per heavy atom. The number of nitrogens with zero attached hydrogens (tertiary/aromatic N) is 2. The minimum Gasteiger partial charge on any atom is -0.463 e. The predicted octanol–water partition coefficient (Wildman–Crippen LogP) is 2.32. The molecule has 17 heavy (non-hydrogen) atoms. The molecule has 0 atom stereocenters. The summed E-state index contributed by atoms with van der Waals surface area (Å²) in [4.78, 5) is 8.62. The lowest BCUT2D eigenvalue weighted by Crippen LogP contribution is -2.13. The van der Waals surface area contributed by atoms with Gasteiger partial charge < -0.3 is 10.1 Å². The smallest absolute Gasteiger partial charge is 0.316 e. The molecule has 0 bridgehead atoms. The average Bonchev–Trinajstić information content (AvgIpc) is 2.15. The lowest BCUT2D eigenvalue weighted by atomic mass is 9.93. The van der Waals surface area contributed by atoms with E-state index in [-0.39, 0.29) is 5.41 Å². The first-order chi connectivity index (χ1) is 7.90. The minimum absolute atomic E-state index is 0.275. The van der Waals surface area contributed by atoms with Crippen LogP contribution in [-0.2, 0) is 6.54 Å². The van der Waals surface area contributed by atoms with E-state index in [0.29, 0.717) is 12.6 Å². The first-order valence-electron chi connectivity index (χ1n) is 6.03. The number of aromatic nitrogens is 2. The van der Waals surface area contributed by atoms with Crippen molar-refractivity contribution in [1.82, 2.24) is 15.3 Å². The van der Waals surface area contributed by atoms with E-state index in [4.69, 9.17) is 4.74 Å². The Balaban J connectivity index is 2.58. The third-order valence-corrected chi connectivity index (χ3v) is 2.33. The lowest BCUT2D eigenvalue weighted by Gasteiger charge is -2.17. The number of rotatable bonds is 5. The molecule has 0 aliphatic rings. The molecule has 1 aromatic rings. The van der Waals surface area contributed by atoms with Crippen LogP contribution in [0.25, 0.3) is 0 Å². The second-order valence-electron chi connectivity index (χ2n) is 5.47. The molecule has 0 spiro atoms. The van der Waals surface area contributed by atoms with Gasteiger partial charge in [-0.15, -0.1) is 0 Å². The van der Waals surface area contributed by atoms with E-state index < -0.39 is 0 Å². The Kier molecular flexibility index (Phi) is 4.87. The summed E-state index contributed by atoms with van der Waals surface area (Å²) in [6.45, 7) is 9.93. The van der Waals surface area contributed by atoms with Crippen molar-refractivity contribution in [2.45, 2.75) is 40.7 Å². The highest BCUT2D eigenvalue weighted by atomic mass is 16.5. The van der Waals surface area contributed by atoms with Gasteiger partial charge in [0.2, 0.25) is 0 Å². The third-order valence-electron chi connectivity index (χ3n) is 2.33. The van der Waals surface area contributed by atoms with Crippen LogP contribution >= 0.6 is 0 Å². The van der Waals surface area contributed by atoms with Crippen molar-refractivity contribution in [2.75, 3.05) is 13.7 Å². The maximum atomic E-state index is 5.60. The van der Waals surface area contributed by atoms with E-state index in [0.717, 1.165) is 24.4 Å². The Bertz CT molecular complexity index is 358. The van der Waals surface area contributed by atoms with Gasteiger partial charge >= 0.3 is 6.01 Å². The molecule has 0 radical (unpaired) electrons. The summed E-state index contributed by atoms with van der Waals surface area (Å²) in [5.41, 5.74) is 2.18. The quantitative estimate of drug-likeness (QED) is 0.853. The number of hydrogen-bond acceptors (Lipinski definition) is 4. The molecule has 0 saturated carbocycles. The first-order valence-corrected chi connectivity index (χ1v) is 6.03. The van der Waals surface area contributed by atoms with E-state index in [9.17, 15) is 0 Å². The zero-order valence-electron chi connectivity index (χ0n) is 11.5. The highest BCUT2D eigenvalue weighted by Crippen LogP contribution is 2.18. The van der Waals surface area contributed by atoms with Gasteiger partial charge in [-0.1, -0.05) is 20.8 Å². The van der Waals surface area contributed by atoms with Crippen molar-refractivity contribution in [3.8, 4) is 6.01 Å². The summed E-state index contributed by atoms with van der Waals surface area (Å²) in [7, 11) is 1.90. The molecule has 4 nitrogen and oxygen atoms in total. The van der Waals surface area contributed by atoms with E-state index in [1.807, 2.05) is 20.0 Å². The van der Waals surface area contributed by atoms with Crippen molar-refractivity contribution in [3.63, 3.8) is 0 Å². The maximum Gasteiger partial charge on any atom is 0.316 e. The summed E-state index contributed by atoms with van der Waals surface area (Å²) in [5.74, 6) is 0. The molecule has 0 aliphatic carbocycles. The molecular weight excluding hydrogens is 214 g/mol. The first kappa shape index (κ1) is 13.9. The van der Waals surface area contributed by atoms with E-state index in [1.165, 1.54) is 0 Å². The van der Waals surface area contributed by atoms with Gasteiger partial charge in [0.1, 0.15) is 0 Å². The monoisotopic (exact) mass is 237 g/mol. The molecule has 0 saturated heterocycles. The molecule has 96 valence electrons. The second kappa shape index (κ2) is 5.96. The largest absolute Gasteiger partial charge is 0.463 e. The molecule has 1 rings (SSSR count). The molecule has 0 aliphatic heterocycles. The molecule has 0 fully saturated rings. The van der Waals surface area contributed by atoms with Gasteiger partial charge in [-0.25, -0.2) is 4.98 Å². The highest BCUT2D eigenvalue weighted by molar-refractivity contribution is 5.12. The zero-order chi connectivity index (χ0) is 12.9. The number of nitrogens with one attached hydrogen (secondary N) is 1. The molecular formula is C13H23N3O. The summed E-state index contributed by atoms with van der Waals surface area (Å²) in [6, 6.07) is 2.45. The van der Waals surface area contributed by atoms with Crippen LogP contribution in [0.1, 0.15) is 38.6 Å². The number of ether oxygens (including phenoxy) is 1. The van der Waals surface area contributed by atoms with Crippen LogP contribution in [0.15, 0.2) is 6.07 Å². The molecule has 4 heteroatoms. The van der Waals surface area contributed by atoms with Gasteiger partial charge in [-0.05, 0) is 31.9 Å². The molecule has 0 unspecified atom stereocenters. The van der Waals surface area contributed by atoms with Crippen LogP contribution in [-0.4, -0.2) is 23.6 Å². The van der Waals surface area contributed by atoms with E-state index >= 15 is 0 Å². The van der Waals surface area contributed by atoms with Crippen LogP contribution < -0.4 is 10.1 Å². The van der Waals surface area contributed by atoms with Crippen molar-refractivity contribution in [3.05, 3.63) is 17.5 Å². The van der Waals surface area contributed by atoms with Gasteiger partial charge in [0.15, 0.2) is 0 Å². The Morgan fingerprint density at radius 1 is 1.29 bits per heavy atom. The summed E-state index contributed by atoms with van der Waals surface area (Å²) >= 11 is 0. The summed E-state index contributed by atoms with van der Waals surface area (Å²) in [6.07, 6.45) is 0.992. The zero-order valence-corrected chi connectivity index (χ0v) is 11.5. The molecule has 0 amide bonds. The van der Waals surface area contributed by atoms with E-state index in [1.54, 1.807) is 0 Å². The van der Waals surface area contributed by atoms with Crippen molar-refractivity contribution in [1.29, 1.82) is 0 Å². The van der Waals surface area contributed by atoms with Gasteiger partial charge in [0.05, 0.1) is 12.3 Å². The molecule has 1 heterocycles. The van der Waals surface area contributed by atoms with Crippen LogP contribution in [0.4, 0.5) is 0 Å². The van der Waals surface area contributed by atoms with Gasteiger partial charge in [0.25, 0.3) is 0 Å². The summed E-state index contributed by atoms with van der Waals surface area (Å²) in [5, 5.41) is 3.07. The standard InChI is InChI=1S/C13H23N3O/c1-10-8-11(9-14-5)16-12(15-10)17-7-6-13(2,3)4/h8,14H,6-7,9H2,1-5H3. The fourth-order valence-corrected chi connectivity index (χ4v) is 1.39. The topological polar surface area (TPSA) is 47.0 Å². The fraction of sp³-hybridized carbons (Fsp3) is 0.692. The van der Waals surface area contributed by atoms with Crippen LogP contribution in [0, 0.1) is 12.3 Å². The number of hydrogen-bond donors (Lipinski definition) is 1. The maximum absolute atomic E-state index is 5.60. The lowest BCUT2D eigenvalue weighted by molar-refractivity contribution is 0.228. The van der Waals surface area contributed by atoms with Crippen LogP contribution in [0.2, 0.25) is 0 Å². The Hall–Kier alpha value is -1.16. The highest BCUT2D eigenvalue weighted by Gasteiger charge is 2.11. The van der Waals surface area contributed by atoms with Crippen molar-refractivity contribution >= 4 is 0 Å². The second-order valence-corrected chi connectivity index (χ2v) is 5.47. The molecule has 1 aromatic heterocycles. The van der Waals surface area contributed by atoms with Crippen molar-refractivity contribution < 1.29 is 4.74 Å². The minimum atomic E-state index is 0.275. The van der Waals surface area contributed by atoms with Crippen LogP contribution in [0.3, 0.4) is 0 Å². The van der Waals surface area contributed by atoms with Crippen molar-refractivity contribution in [2.24, 2.45) is 5.41 Å². The third kappa shape index (κ3) is 5.63. The summed E-state index contributed by atoms with van der Waals surface area (Å²) < 4.78 is 5.60. The Morgan fingerprint density at radius 3 is 2.59 bits per heavy atom. The van der Waals surface area contributed by atoms with Gasteiger partial charge in [0, 0.05) is 12.2 Å². The molecule has 1 N–H and O–H groups in total. The average molecular weight is 237 g/mol. The van der Waals surface area contributed by atoms with Crippen LogP contribution in [0.5, 0.6) is 6.01 Å².